The van der Waals surface area contributed by atoms with Gasteiger partial charge in [-0.2, -0.15) is 0 Å². The van der Waals surface area contributed by atoms with Gasteiger partial charge in [-0.1, -0.05) is 6.07 Å². The van der Waals surface area contributed by atoms with Crippen molar-refractivity contribution in [1.82, 2.24) is 0 Å². The van der Waals surface area contributed by atoms with E-state index in [9.17, 15) is 0 Å². The molecule has 1 fully saturated rings. The van der Waals surface area contributed by atoms with Gasteiger partial charge >= 0.3 is 0 Å². The predicted molar refractivity (Wildman–Crippen MR) is 66.8 cm³/mol. The zero-order chi connectivity index (χ0) is 11.4. The largest absolute Gasteiger partial charge is 0.392 e. The zero-order valence-electron chi connectivity index (χ0n) is 9.61. The number of rotatable bonds is 3. The molecule has 0 spiro atoms. The van der Waals surface area contributed by atoms with Crippen molar-refractivity contribution in [2.75, 3.05) is 13.2 Å². The van der Waals surface area contributed by atoms with Gasteiger partial charge in [0.05, 0.1) is 6.61 Å². The van der Waals surface area contributed by atoms with Gasteiger partial charge in [0.15, 0.2) is 0 Å². The lowest BCUT2D eigenvalue weighted by molar-refractivity contribution is 0.100. The summed E-state index contributed by atoms with van der Waals surface area (Å²) in [5.74, 6) is 0. The minimum atomic E-state index is 0.133. The third kappa shape index (κ3) is 3.00. The van der Waals surface area contributed by atoms with Gasteiger partial charge in [-0.05, 0) is 43.0 Å². The third-order valence-electron chi connectivity index (χ3n) is 2.96. The summed E-state index contributed by atoms with van der Waals surface area (Å²) in [5, 5.41) is 9.80. The highest BCUT2D eigenvalue weighted by molar-refractivity contribution is 8.00. The summed E-state index contributed by atoms with van der Waals surface area (Å²) in [6, 6.07) is 6.31. The van der Waals surface area contributed by atoms with Crippen molar-refractivity contribution in [2.45, 2.75) is 36.5 Å². The first-order valence-electron chi connectivity index (χ1n) is 5.74. The fourth-order valence-electron chi connectivity index (χ4n) is 1.91. The highest BCUT2D eigenvalue weighted by atomic mass is 32.2. The van der Waals surface area contributed by atoms with Crippen molar-refractivity contribution in [3.05, 3.63) is 29.3 Å². The number of aliphatic hydroxyl groups is 1. The average Bonchev–Trinajstić information content (AvgIpc) is 2.31. The van der Waals surface area contributed by atoms with E-state index in [4.69, 9.17) is 9.84 Å². The summed E-state index contributed by atoms with van der Waals surface area (Å²) in [6.45, 7) is 3.98. The Hall–Kier alpha value is -0.510. The van der Waals surface area contributed by atoms with E-state index in [0.29, 0.717) is 5.25 Å². The molecule has 1 aliphatic rings. The topological polar surface area (TPSA) is 29.5 Å². The molecule has 88 valence electrons. The molecule has 1 N–H and O–H groups in total. The van der Waals surface area contributed by atoms with E-state index in [1.807, 2.05) is 17.8 Å². The third-order valence-corrected chi connectivity index (χ3v) is 4.29. The van der Waals surface area contributed by atoms with E-state index in [1.54, 1.807) is 0 Å². The summed E-state index contributed by atoms with van der Waals surface area (Å²) < 4.78 is 5.35. The second-order valence-corrected chi connectivity index (χ2v) is 5.55. The van der Waals surface area contributed by atoms with Crippen molar-refractivity contribution >= 4 is 11.8 Å². The number of hydrogen-bond donors (Lipinski definition) is 1. The van der Waals surface area contributed by atoms with Crippen LogP contribution in [0.25, 0.3) is 0 Å². The van der Waals surface area contributed by atoms with Gasteiger partial charge < -0.3 is 9.84 Å². The van der Waals surface area contributed by atoms with Crippen molar-refractivity contribution in [3.8, 4) is 0 Å². The SMILES string of the molecule is Cc1cc(SC2CCOCC2)ccc1CO. The Balaban J connectivity index is 2.01. The Labute approximate surface area is 101 Å². The average molecular weight is 238 g/mol. The summed E-state index contributed by atoms with van der Waals surface area (Å²) in [5.41, 5.74) is 2.20. The van der Waals surface area contributed by atoms with Crippen molar-refractivity contribution in [1.29, 1.82) is 0 Å². The van der Waals surface area contributed by atoms with Crippen LogP contribution in [0.2, 0.25) is 0 Å². The Kier molecular flexibility index (Phi) is 4.27. The molecule has 1 heterocycles. The molecule has 1 aliphatic heterocycles. The van der Waals surface area contributed by atoms with Crippen LogP contribution in [-0.4, -0.2) is 23.6 Å². The van der Waals surface area contributed by atoms with Crippen molar-refractivity contribution in [2.24, 2.45) is 0 Å². The van der Waals surface area contributed by atoms with E-state index < -0.39 is 0 Å². The van der Waals surface area contributed by atoms with Gasteiger partial charge in [0.2, 0.25) is 0 Å². The highest BCUT2D eigenvalue weighted by Crippen LogP contribution is 2.30. The molecule has 1 saturated heterocycles. The van der Waals surface area contributed by atoms with Crippen molar-refractivity contribution in [3.63, 3.8) is 0 Å². The molecule has 0 saturated carbocycles. The molecule has 0 aromatic heterocycles. The molecule has 16 heavy (non-hydrogen) atoms. The minimum Gasteiger partial charge on any atom is -0.392 e. The second-order valence-electron chi connectivity index (χ2n) is 4.18. The molecular weight excluding hydrogens is 220 g/mol. The molecule has 1 aromatic rings. The zero-order valence-corrected chi connectivity index (χ0v) is 10.4. The van der Waals surface area contributed by atoms with Crippen LogP contribution >= 0.6 is 11.8 Å². The Bertz CT molecular complexity index is 346. The smallest absolute Gasteiger partial charge is 0.0684 e. The van der Waals surface area contributed by atoms with E-state index in [2.05, 4.69) is 19.1 Å². The molecule has 2 rings (SSSR count). The monoisotopic (exact) mass is 238 g/mol. The minimum absolute atomic E-state index is 0.133. The lowest BCUT2D eigenvalue weighted by Crippen LogP contribution is -2.17. The molecular formula is C13H18O2S. The molecule has 0 aliphatic carbocycles. The van der Waals surface area contributed by atoms with E-state index in [0.717, 1.165) is 31.6 Å². The quantitative estimate of drug-likeness (QED) is 0.878. The molecule has 0 amide bonds. The van der Waals surface area contributed by atoms with Crippen LogP contribution in [-0.2, 0) is 11.3 Å². The van der Waals surface area contributed by atoms with Crippen LogP contribution in [0.1, 0.15) is 24.0 Å². The number of thioether (sulfide) groups is 1. The molecule has 0 radical (unpaired) electrons. The van der Waals surface area contributed by atoms with E-state index in [-0.39, 0.29) is 6.61 Å². The number of benzene rings is 1. The number of aliphatic hydroxyl groups excluding tert-OH is 1. The van der Waals surface area contributed by atoms with Crippen LogP contribution in [0.3, 0.4) is 0 Å². The number of ether oxygens (including phenoxy) is 1. The summed E-state index contributed by atoms with van der Waals surface area (Å²) in [7, 11) is 0. The molecule has 1 aromatic carbocycles. The Morgan fingerprint density at radius 3 is 2.75 bits per heavy atom. The fraction of sp³-hybridized carbons (Fsp3) is 0.538. The van der Waals surface area contributed by atoms with Gasteiger partial charge in [0, 0.05) is 23.4 Å². The van der Waals surface area contributed by atoms with Crippen molar-refractivity contribution < 1.29 is 9.84 Å². The maximum atomic E-state index is 9.11. The van der Waals surface area contributed by atoms with Crippen LogP contribution in [0.15, 0.2) is 23.1 Å². The number of hydrogen-bond acceptors (Lipinski definition) is 3. The van der Waals surface area contributed by atoms with E-state index in [1.165, 1.54) is 10.5 Å². The molecule has 0 atom stereocenters. The maximum Gasteiger partial charge on any atom is 0.0684 e. The predicted octanol–water partition coefficient (Wildman–Crippen LogP) is 2.76. The highest BCUT2D eigenvalue weighted by Gasteiger charge is 2.15. The van der Waals surface area contributed by atoms with Gasteiger partial charge in [-0.15, -0.1) is 11.8 Å². The lowest BCUT2D eigenvalue weighted by Gasteiger charge is -2.21. The molecule has 2 nitrogen and oxygen atoms in total. The first-order chi connectivity index (χ1) is 7.79. The normalized spacial score (nSPS) is 17.6. The number of aryl methyl sites for hydroxylation is 1. The fourth-order valence-corrected chi connectivity index (χ4v) is 3.11. The first-order valence-corrected chi connectivity index (χ1v) is 6.62. The molecule has 3 heteroatoms. The first kappa shape index (κ1) is 12.0. The molecule has 0 bridgehead atoms. The summed E-state index contributed by atoms with van der Waals surface area (Å²) in [6.07, 6.45) is 2.29. The Morgan fingerprint density at radius 1 is 1.38 bits per heavy atom. The molecule has 0 unspecified atom stereocenters. The van der Waals surface area contributed by atoms with Gasteiger partial charge in [-0.25, -0.2) is 0 Å². The second kappa shape index (κ2) is 5.71. The lowest BCUT2D eigenvalue weighted by atomic mass is 10.1. The maximum absolute atomic E-state index is 9.11. The van der Waals surface area contributed by atoms with Gasteiger partial charge in [0.1, 0.15) is 0 Å². The van der Waals surface area contributed by atoms with Crippen LogP contribution in [0, 0.1) is 6.92 Å². The van der Waals surface area contributed by atoms with Gasteiger partial charge in [-0.3, -0.25) is 0 Å². The van der Waals surface area contributed by atoms with Crippen LogP contribution < -0.4 is 0 Å². The Morgan fingerprint density at radius 2 is 2.12 bits per heavy atom. The van der Waals surface area contributed by atoms with Crippen LogP contribution in [0.4, 0.5) is 0 Å². The standard InChI is InChI=1S/C13H18O2S/c1-10-8-13(3-2-11(10)9-14)16-12-4-6-15-7-5-12/h2-3,8,12,14H,4-7,9H2,1H3. The summed E-state index contributed by atoms with van der Waals surface area (Å²) >= 11 is 1.94. The van der Waals surface area contributed by atoms with Crippen LogP contribution in [0.5, 0.6) is 0 Å². The summed E-state index contributed by atoms with van der Waals surface area (Å²) in [4.78, 5) is 1.31. The van der Waals surface area contributed by atoms with Gasteiger partial charge in [0.25, 0.3) is 0 Å². The van der Waals surface area contributed by atoms with E-state index >= 15 is 0 Å².